The summed E-state index contributed by atoms with van der Waals surface area (Å²) in [6, 6.07) is 0. The van der Waals surface area contributed by atoms with Crippen molar-refractivity contribution in [2.45, 2.75) is 20.3 Å². The Hall–Kier alpha value is -0.720. The molecule has 1 heteroatoms. The molecule has 0 aliphatic heterocycles. The summed E-state index contributed by atoms with van der Waals surface area (Å²) in [5.74, 6) is 1.48. The Morgan fingerprint density at radius 1 is 1.50 bits per heavy atom. The summed E-state index contributed by atoms with van der Waals surface area (Å²) in [5.41, 5.74) is 0. The highest BCUT2D eigenvalue weighted by Gasteiger charge is 1.87. The summed E-state index contributed by atoms with van der Waals surface area (Å²) >= 11 is 0. The second-order valence-corrected chi connectivity index (χ2v) is 1.70. The molecular formula is C7H12O. The topological polar surface area (TPSA) is 9.23 Å². The van der Waals surface area contributed by atoms with E-state index in [1.54, 1.807) is 6.92 Å². The van der Waals surface area contributed by atoms with Gasteiger partial charge in [0, 0.05) is 6.42 Å². The van der Waals surface area contributed by atoms with Crippen molar-refractivity contribution in [3.63, 3.8) is 0 Å². The first-order chi connectivity index (χ1) is 3.66. The predicted molar refractivity (Wildman–Crippen MR) is 35.3 cm³/mol. The third-order valence-electron chi connectivity index (χ3n) is 0.713. The van der Waals surface area contributed by atoms with Crippen molar-refractivity contribution in [2.75, 3.05) is 0 Å². The monoisotopic (exact) mass is 112 g/mol. The highest BCUT2D eigenvalue weighted by atomic mass is 16.5. The van der Waals surface area contributed by atoms with Gasteiger partial charge in [0.2, 0.25) is 0 Å². The lowest BCUT2D eigenvalue weighted by molar-refractivity contribution is 0.300. The smallest absolute Gasteiger partial charge is 0.0961 e. The van der Waals surface area contributed by atoms with E-state index in [-0.39, 0.29) is 0 Å². The molecule has 0 aliphatic carbocycles. The molecule has 46 valence electrons. The Balaban J connectivity index is 3.40. The van der Waals surface area contributed by atoms with Crippen molar-refractivity contribution in [1.82, 2.24) is 0 Å². The maximum atomic E-state index is 5.01. The van der Waals surface area contributed by atoms with Crippen LogP contribution in [0, 0.1) is 0 Å². The second-order valence-electron chi connectivity index (χ2n) is 1.70. The molecule has 0 spiro atoms. The molecule has 0 atom stereocenters. The minimum atomic E-state index is 0.705. The molecule has 0 rings (SSSR count). The summed E-state index contributed by atoms with van der Waals surface area (Å²) in [6.07, 6.45) is 0.854. The third kappa shape index (κ3) is 3.47. The molecule has 0 radical (unpaired) electrons. The Bertz CT molecular complexity index is 103. The van der Waals surface area contributed by atoms with E-state index in [1.165, 1.54) is 0 Å². The quantitative estimate of drug-likeness (QED) is 0.509. The maximum Gasteiger partial charge on any atom is 0.0961 e. The van der Waals surface area contributed by atoms with Gasteiger partial charge >= 0.3 is 0 Å². The normalized spacial score (nSPS) is 8.25. The molecule has 0 aromatic rings. The average Bonchev–Trinajstić information content (AvgIpc) is 1.65. The van der Waals surface area contributed by atoms with Gasteiger partial charge in [0.1, 0.15) is 0 Å². The van der Waals surface area contributed by atoms with Crippen molar-refractivity contribution in [3.05, 3.63) is 24.7 Å². The van der Waals surface area contributed by atoms with Crippen molar-refractivity contribution < 1.29 is 4.74 Å². The van der Waals surface area contributed by atoms with Crippen LogP contribution in [0.5, 0.6) is 0 Å². The molecule has 0 saturated heterocycles. The molecule has 0 aliphatic rings. The lowest BCUT2D eigenvalue weighted by Crippen LogP contribution is -1.83. The molecule has 0 aromatic heterocycles. The zero-order valence-electron chi connectivity index (χ0n) is 5.53. The molecular weight excluding hydrogens is 100 g/mol. The predicted octanol–water partition coefficient (Wildman–Crippen LogP) is 2.46. The summed E-state index contributed by atoms with van der Waals surface area (Å²) in [6.45, 7) is 11.0. The first-order valence-electron chi connectivity index (χ1n) is 2.68. The van der Waals surface area contributed by atoms with Gasteiger partial charge < -0.3 is 4.74 Å². The Labute approximate surface area is 50.7 Å². The number of rotatable bonds is 3. The van der Waals surface area contributed by atoms with Gasteiger partial charge in [-0.05, 0) is 6.92 Å². The molecule has 0 aromatic carbocycles. The first-order valence-corrected chi connectivity index (χ1v) is 2.68. The van der Waals surface area contributed by atoms with Gasteiger partial charge in [-0.3, -0.25) is 0 Å². The highest BCUT2D eigenvalue weighted by molar-refractivity contribution is 4.88. The van der Waals surface area contributed by atoms with Gasteiger partial charge in [0.05, 0.1) is 11.5 Å². The van der Waals surface area contributed by atoms with Crippen LogP contribution in [0.3, 0.4) is 0 Å². The molecule has 8 heavy (non-hydrogen) atoms. The van der Waals surface area contributed by atoms with E-state index >= 15 is 0 Å². The molecule has 1 nitrogen and oxygen atoms in total. The number of ether oxygens (including phenoxy) is 1. The van der Waals surface area contributed by atoms with Crippen molar-refractivity contribution >= 4 is 0 Å². The minimum absolute atomic E-state index is 0.705. The van der Waals surface area contributed by atoms with E-state index in [1.807, 2.05) is 6.92 Å². The average molecular weight is 112 g/mol. The maximum absolute atomic E-state index is 5.01. The van der Waals surface area contributed by atoms with Crippen LogP contribution >= 0.6 is 0 Å². The second kappa shape index (κ2) is 3.30. The van der Waals surface area contributed by atoms with Gasteiger partial charge in [-0.25, -0.2) is 0 Å². The van der Waals surface area contributed by atoms with Crippen LogP contribution < -0.4 is 0 Å². The van der Waals surface area contributed by atoms with E-state index in [0.717, 1.165) is 12.2 Å². The van der Waals surface area contributed by atoms with Crippen molar-refractivity contribution in [1.29, 1.82) is 0 Å². The molecule has 0 bridgehead atoms. The summed E-state index contributed by atoms with van der Waals surface area (Å²) in [4.78, 5) is 0. The first kappa shape index (κ1) is 7.28. The van der Waals surface area contributed by atoms with E-state index in [0.29, 0.717) is 5.76 Å². The van der Waals surface area contributed by atoms with E-state index in [2.05, 4.69) is 13.2 Å². The van der Waals surface area contributed by atoms with Crippen LogP contribution in [-0.2, 0) is 4.74 Å². The summed E-state index contributed by atoms with van der Waals surface area (Å²) in [7, 11) is 0. The highest BCUT2D eigenvalue weighted by Crippen LogP contribution is 2.03. The van der Waals surface area contributed by atoms with Crippen LogP contribution in [0.25, 0.3) is 0 Å². The fourth-order valence-corrected chi connectivity index (χ4v) is 0.319. The van der Waals surface area contributed by atoms with Crippen molar-refractivity contribution in [2.24, 2.45) is 0 Å². The lowest BCUT2D eigenvalue weighted by Gasteiger charge is -2.02. The number of hydrogen-bond donors (Lipinski definition) is 0. The van der Waals surface area contributed by atoms with Gasteiger partial charge in [-0.15, -0.1) is 0 Å². The van der Waals surface area contributed by atoms with Crippen LogP contribution in [0.4, 0.5) is 0 Å². The standard InChI is InChI=1S/C7H12O/c1-5-7(4)8-6(2)3/h2,4-5H2,1,3H3. The SMILES string of the molecule is C=C(C)OC(=C)CC. The van der Waals surface area contributed by atoms with E-state index < -0.39 is 0 Å². The third-order valence-corrected chi connectivity index (χ3v) is 0.713. The van der Waals surface area contributed by atoms with E-state index in [4.69, 9.17) is 4.74 Å². The van der Waals surface area contributed by atoms with Crippen LogP contribution in [0.15, 0.2) is 24.7 Å². The number of allylic oxidation sites excluding steroid dienone is 2. The summed E-state index contributed by atoms with van der Waals surface area (Å²) in [5, 5.41) is 0. The van der Waals surface area contributed by atoms with Crippen LogP contribution in [0.2, 0.25) is 0 Å². The zero-order chi connectivity index (χ0) is 6.57. The van der Waals surface area contributed by atoms with Gasteiger partial charge in [-0.1, -0.05) is 20.1 Å². The molecule has 0 heterocycles. The molecule has 0 N–H and O–H groups in total. The fourth-order valence-electron chi connectivity index (χ4n) is 0.319. The Kier molecular flexibility index (Phi) is 3.01. The largest absolute Gasteiger partial charge is 0.468 e. The van der Waals surface area contributed by atoms with Crippen LogP contribution in [0.1, 0.15) is 20.3 Å². The fraction of sp³-hybridized carbons (Fsp3) is 0.429. The lowest BCUT2D eigenvalue weighted by atomic mass is 10.4. The van der Waals surface area contributed by atoms with Gasteiger partial charge in [0.25, 0.3) is 0 Å². The minimum Gasteiger partial charge on any atom is -0.468 e. The van der Waals surface area contributed by atoms with Crippen molar-refractivity contribution in [3.8, 4) is 0 Å². The summed E-state index contributed by atoms with van der Waals surface area (Å²) < 4.78 is 5.01. The van der Waals surface area contributed by atoms with Gasteiger partial charge in [-0.2, -0.15) is 0 Å². The Morgan fingerprint density at radius 3 is 2.12 bits per heavy atom. The Morgan fingerprint density at radius 2 is 2.00 bits per heavy atom. The zero-order valence-corrected chi connectivity index (χ0v) is 5.53. The molecule has 0 unspecified atom stereocenters. The molecule has 0 saturated carbocycles. The molecule has 0 fully saturated rings. The number of hydrogen-bond acceptors (Lipinski definition) is 1. The van der Waals surface area contributed by atoms with Crippen LogP contribution in [-0.4, -0.2) is 0 Å². The molecule has 0 amide bonds. The van der Waals surface area contributed by atoms with E-state index in [9.17, 15) is 0 Å². The van der Waals surface area contributed by atoms with Gasteiger partial charge in [0.15, 0.2) is 0 Å².